The van der Waals surface area contributed by atoms with Crippen molar-refractivity contribution in [2.45, 2.75) is 46.4 Å². The van der Waals surface area contributed by atoms with Crippen molar-refractivity contribution in [2.75, 3.05) is 4.72 Å². The molecule has 0 aromatic heterocycles. The minimum atomic E-state index is -3.78. The van der Waals surface area contributed by atoms with Crippen molar-refractivity contribution >= 4 is 27.3 Å². The van der Waals surface area contributed by atoms with Gasteiger partial charge >= 0.3 is 0 Å². The Balaban J connectivity index is 2.64. The Labute approximate surface area is 148 Å². The van der Waals surface area contributed by atoms with Gasteiger partial charge < -0.3 is 5.11 Å². The lowest BCUT2D eigenvalue weighted by Crippen LogP contribution is -2.17. The molecule has 6 heteroatoms. The van der Waals surface area contributed by atoms with E-state index in [1.54, 1.807) is 33.8 Å². The third kappa shape index (κ3) is 3.10. The van der Waals surface area contributed by atoms with Gasteiger partial charge in [-0.05, 0) is 81.0 Å². The molecule has 0 unspecified atom stereocenters. The van der Waals surface area contributed by atoms with Crippen LogP contribution in [0.4, 0.5) is 5.69 Å². The summed E-state index contributed by atoms with van der Waals surface area (Å²) in [6.45, 7) is 10.7. The first-order valence-corrected chi connectivity index (χ1v) is 9.42. The number of anilines is 1. The van der Waals surface area contributed by atoms with Crippen molar-refractivity contribution in [3.05, 3.63) is 50.5 Å². The first-order valence-electron chi connectivity index (χ1n) is 7.56. The van der Waals surface area contributed by atoms with E-state index in [1.165, 1.54) is 0 Å². The Hall–Kier alpha value is -1.72. The molecular formula is C18H22ClNO3S. The Morgan fingerprint density at radius 1 is 0.875 bits per heavy atom. The second-order valence-electron chi connectivity index (χ2n) is 6.22. The van der Waals surface area contributed by atoms with Crippen molar-refractivity contribution in [3.8, 4) is 5.75 Å². The molecule has 0 atom stereocenters. The molecule has 0 radical (unpaired) electrons. The van der Waals surface area contributed by atoms with Crippen LogP contribution in [0.5, 0.6) is 5.75 Å². The molecule has 4 nitrogen and oxygen atoms in total. The normalized spacial score (nSPS) is 11.6. The Morgan fingerprint density at radius 3 is 1.88 bits per heavy atom. The molecule has 0 saturated carbocycles. The van der Waals surface area contributed by atoms with Gasteiger partial charge in [0.05, 0.1) is 15.6 Å². The van der Waals surface area contributed by atoms with Gasteiger partial charge in [-0.15, -0.1) is 0 Å². The predicted octanol–water partition coefficient (Wildman–Crippen LogP) is 4.70. The molecular weight excluding hydrogens is 346 g/mol. The van der Waals surface area contributed by atoms with Crippen molar-refractivity contribution in [3.63, 3.8) is 0 Å². The molecule has 0 amide bonds. The summed E-state index contributed by atoms with van der Waals surface area (Å²) in [5, 5.41) is 10.0. The zero-order valence-electron chi connectivity index (χ0n) is 14.7. The number of hydrogen-bond donors (Lipinski definition) is 2. The van der Waals surface area contributed by atoms with E-state index in [0.717, 1.165) is 22.3 Å². The maximum absolute atomic E-state index is 13.0. The van der Waals surface area contributed by atoms with E-state index >= 15 is 0 Å². The molecule has 24 heavy (non-hydrogen) atoms. The van der Waals surface area contributed by atoms with E-state index in [1.807, 2.05) is 19.9 Å². The number of phenolic OH excluding ortho intramolecular Hbond substituents is 1. The number of aromatic hydroxyl groups is 1. The highest BCUT2D eigenvalue weighted by atomic mass is 35.5. The van der Waals surface area contributed by atoms with Gasteiger partial charge in [-0.1, -0.05) is 17.7 Å². The number of aryl methyl sites for hydroxylation is 3. The zero-order valence-corrected chi connectivity index (χ0v) is 16.3. The summed E-state index contributed by atoms with van der Waals surface area (Å²) in [5.74, 6) is -0.0316. The summed E-state index contributed by atoms with van der Waals surface area (Å²) in [5.41, 5.74) is 4.67. The molecule has 130 valence electrons. The molecule has 2 aromatic rings. The molecule has 0 fully saturated rings. The monoisotopic (exact) mass is 367 g/mol. The number of phenols is 1. The van der Waals surface area contributed by atoms with E-state index in [2.05, 4.69) is 4.72 Å². The van der Waals surface area contributed by atoms with Crippen LogP contribution in [0.2, 0.25) is 5.02 Å². The zero-order chi connectivity index (χ0) is 18.4. The Kier molecular flexibility index (Phi) is 4.88. The fourth-order valence-electron chi connectivity index (χ4n) is 2.75. The second kappa shape index (κ2) is 6.30. The SMILES string of the molecule is Cc1cc(C)c(C)c(S(=O)(=O)Nc2cc(C)c(O)c(Cl)c2C)c1C. The molecule has 0 aliphatic rings. The highest BCUT2D eigenvalue weighted by molar-refractivity contribution is 7.92. The maximum atomic E-state index is 13.0. The number of halogens is 1. The average molecular weight is 368 g/mol. The van der Waals surface area contributed by atoms with Crippen molar-refractivity contribution in [2.24, 2.45) is 0 Å². The molecule has 0 spiro atoms. The highest BCUT2D eigenvalue weighted by Crippen LogP contribution is 2.37. The summed E-state index contributed by atoms with van der Waals surface area (Å²) in [6.07, 6.45) is 0. The van der Waals surface area contributed by atoms with Crippen LogP contribution in [0.3, 0.4) is 0 Å². The smallest absolute Gasteiger partial charge is 0.262 e. The van der Waals surface area contributed by atoms with E-state index in [-0.39, 0.29) is 10.8 Å². The number of hydrogen-bond acceptors (Lipinski definition) is 3. The number of nitrogens with one attached hydrogen (secondary N) is 1. The average Bonchev–Trinajstić information content (AvgIpc) is 2.48. The number of benzene rings is 2. The quantitative estimate of drug-likeness (QED) is 0.773. The van der Waals surface area contributed by atoms with Gasteiger partial charge in [0.15, 0.2) is 0 Å². The minimum Gasteiger partial charge on any atom is -0.506 e. The second-order valence-corrected chi connectivity index (χ2v) is 8.22. The van der Waals surface area contributed by atoms with Crippen LogP contribution in [0.1, 0.15) is 33.4 Å². The van der Waals surface area contributed by atoms with Gasteiger partial charge in [0.1, 0.15) is 5.75 Å². The predicted molar refractivity (Wildman–Crippen MR) is 98.8 cm³/mol. The highest BCUT2D eigenvalue weighted by Gasteiger charge is 2.24. The fraction of sp³-hybridized carbons (Fsp3) is 0.333. The van der Waals surface area contributed by atoms with Crippen LogP contribution in [0, 0.1) is 41.5 Å². The minimum absolute atomic E-state index is 0.0316. The van der Waals surface area contributed by atoms with Crippen molar-refractivity contribution in [1.82, 2.24) is 0 Å². The topological polar surface area (TPSA) is 66.4 Å². The summed E-state index contributed by atoms with van der Waals surface area (Å²) in [6, 6.07) is 3.57. The van der Waals surface area contributed by atoms with Crippen LogP contribution in [0.15, 0.2) is 17.0 Å². The van der Waals surface area contributed by atoms with Gasteiger partial charge in [-0.25, -0.2) is 8.42 Å². The summed E-state index contributed by atoms with van der Waals surface area (Å²) in [7, 11) is -3.78. The van der Waals surface area contributed by atoms with Crippen molar-refractivity contribution < 1.29 is 13.5 Å². The lowest BCUT2D eigenvalue weighted by Gasteiger charge is -2.18. The summed E-state index contributed by atoms with van der Waals surface area (Å²) < 4.78 is 28.6. The third-order valence-electron chi connectivity index (χ3n) is 4.49. The number of rotatable bonds is 3. The Bertz CT molecular complexity index is 908. The van der Waals surface area contributed by atoms with E-state index in [4.69, 9.17) is 11.6 Å². The lowest BCUT2D eigenvalue weighted by molar-refractivity contribution is 0.471. The summed E-state index contributed by atoms with van der Waals surface area (Å²) in [4.78, 5) is 0.293. The first kappa shape index (κ1) is 18.6. The maximum Gasteiger partial charge on any atom is 0.262 e. The molecule has 0 aliphatic carbocycles. The Morgan fingerprint density at radius 2 is 1.38 bits per heavy atom. The lowest BCUT2D eigenvalue weighted by atomic mass is 10.0. The molecule has 0 bridgehead atoms. The number of sulfonamides is 1. The van der Waals surface area contributed by atoms with E-state index in [0.29, 0.717) is 21.7 Å². The molecule has 2 rings (SSSR count). The third-order valence-corrected chi connectivity index (χ3v) is 6.59. The molecule has 2 aromatic carbocycles. The molecule has 2 N–H and O–H groups in total. The van der Waals surface area contributed by atoms with E-state index < -0.39 is 10.0 Å². The molecule has 0 aliphatic heterocycles. The van der Waals surface area contributed by atoms with Crippen LogP contribution in [0.25, 0.3) is 0 Å². The van der Waals surface area contributed by atoms with Gasteiger partial charge in [0.25, 0.3) is 10.0 Å². The first-order chi connectivity index (χ1) is 11.0. The van der Waals surface area contributed by atoms with Crippen molar-refractivity contribution in [1.29, 1.82) is 0 Å². The van der Waals surface area contributed by atoms with Crippen LogP contribution < -0.4 is 4.72 Å². The standard InChI is InChI=1S/C18H22ClNO3S/c1-9-7-10(2)13(5)18(12(9)4)24(22,23)20-15-8-11(3)17(21)16(19)14(15)6/h7-8,20-21H,1-6H3. The van der Waals surface area contributed by atoms with Gasteiger partial charge in [0.2, 0.25) is 0 Å². The largest absolute Gasteiger partial charge is 0.506 e. The van der Waals surface area contributed by atoms with Crippen LogP contribution in [-0.2, 0) is 10.0 Å². The van der Waals surface area contributed by atoms with Crippen LogP contribution in [-0.4, -0.2) is 13.5 Å². The van der Waals surface area contributed by atoms with E-state index in [9.17, 15) is 13.5 Å². The summed E-state index contributed by atoms with van der Waals surface area (Å²) >= 11 is 6.09. The van der Waals surface area contributed by atoms with Gasteiger partial charge in [-0.3, -0.25) is 4.72 Å². The molecule has 0 saturated heterocycles. The molecule has 0 heterocycles. The van der Waals surface area contributed by atoms with Crippen LogP contribution >= 0.6 is 11.6 Å². The van der Waals surface area contributed by atoms with Gasteiger partial charge in [0, 0.05) is 0 Å². The van der Waals surface area contributed by atoms with Gasteiger partial charge in [-0.2, -0.15) is 0 Å². The fourth-order valence-corrected chi connectivity index (χ4v) is 4.73.